The van der Waals surface area contributed by atoms with Crippen LogP contribution in [0.3, 0.4) is 0 Å². The number of rotatable bonds is 13. The predicted octanol–water partition coefficient (Wildman–Crippen LogP) is 7.52. The average molecular weight is 463 g/mol. The topological polar surface area (TPSA) is 69.9 Å². The first-order valence-electron chi connectivity index (χ1n) is 13.3. The molecule has 0 radical (unpaired) electrons. The highest BCUT2D eigenvalue weighted by atomic mass is 16.5. The third kappa shape index (κ3) is 7.89. The number of hydrogen-bond acceptors (Lipinski definition) is 4. The van der Waals surface area contributed by atoms with Crippen LogP contribution in [0, 0.1) is 31.6 Å². The first-order valence-corrected chi connectivity index (χ1v) is 13.3. The van der Waals surface area contributed by atoms with E-state index < -0.39 is 6.29 Å². The molecule has 4 nitrogen and oxygen atoms in total. The summed E-state index contributed by atoms with van der Waals surface area (Å²) in [7, 11) is 0. The van der Waals surface area contributed by atoms with Gasteiger partial charge in [-0.15, -0.1) is 0 Å². The van der Waals surface area contributed by atoms with Crippen molar-refractivity contribution >= 4 is 0 Å². The van der Waals surface area contributed by atoms with Crippen LogP contribution >= 0.6 is 0 Å². The van der Waals surface area contributed by atoms with Gasteiger partial charge in [0, 0.05) is 5.56 Å². The summed E-state index contributed by atoms with van der Waals surface area (Å²) < 4.78 is 6.49. The number of ether oxygens (including phenoxy) is 1. The van der Waals surface area contributed by atoms with Crippen molar-refractivity contribution in [2.24, 2.45) is 17.8 Å². The van der Waals surface area contributed by atoms with Crippen molar-refractivity contribution in [1.29, 1.82) is 0 Å². The third-order valence-corrected chi connectivity index (χ3v) is 7.90. The lowest BCUT2D eigenvalue weighted by atomic mass is 9.83. The van der Waals surface area contributed by atoms with Gasteiger partial charge in [0.25, 0.3) is 0 Å². The van der Waals surface area contributed by atoms with Crippen molar-refractivity contribution in [2.75, 3.05) is 0 Å². The van der Waals surface area contributed by atoms with Crippen LogP contribution < -0.4 is 4.74 Å². The van der Waals surface area contributed by atoms with Crippen LogP contribution in [0.1, 0.15) is 127 Å². The molecule has 1 aromatic rings. The summed E-state index contributed by atoms with van der Waals surface area (Å²) in [4.78, 5) is 0. The number of aliphatic hydroxyl groups is 2. The smallest absolute Gasteiger partial charge is 0.182 e. The largest absolute Gasteiger partial charge is 0.507 e. The number of aromatic hydroxyl groups is 1. The van der Waals surface area contributed by atoms with E-state index in [4.69, 9.17) is 4.74 Å². The number of benzene rings is 1. The second-order valence-corrected chi connectivity index (χ2v) is 11.6. The second-order valence-electron chi connectivity index (χ2n) is 11.6. The highest BCUT2D eigenvalue weighted by Crippen LogP contribution is 2.46. The molecule has 1 heterocycles. The molecule has 0 saturated carbocycles. The predicted molar refractivity (Wildman–Crippen MR) is 137 cm³/mol. The SMILES string of the molecule is Cc1c(C)c2c(c(C(O)O)c1O)CC[C@@](C)(CCC[C@H](C)CCC[C@H](C)CCCC(C)C)O2. The zero-order valence-electron chi connectivity index (χ0n) is 22.3. The summed E-state index contributed by atoms with van der Waals surface area (Å²) in [6.45, 7) is 15.3. The lowest BCUT2D eigenvalue weighted by Crippen LogP contribution is -2.37. The number of phenols is 1. The van der Waals surface area contributed by atoms with Gasteiger partial charge in [-0.3, -0.25) is 0 Å². The first-order chi connectivity index (χ1) is 15.4. The minimum absolute atomic E-state index is 0.0171. The van der Waals surface area contributed by atoms with Gasteiger partial charge in [0.05, 0.1) is 5.56 Å². The molecule has 0 fully saturated rings. The van der Waals surface area contributed by atoms with Gasteiger partial charge in [0.15, 0.2) is 6.29 Å². The molecule has 0 spiro atoms. The van der Waals surface area contributed by atoms with E-state index in [1.807, 2.05) is 6.92 Å². The number of aliphatic hydroxyl groups excluding tert-OH is 1. The van der Waals surface area contributed by atoms with Gasteiger partial charge in [-0.25, -0.2) is 0 Å². The van der Waals surface area contributed by atoms with Crippen LogP contribution in [0.15, 0.2) is 0 Å². The molecule has 0 unspecified atom stereocenters. The van der Waals surface area contributed by atoms with Gasteiger partial charge in [-0.2, -0.15) is 0 Å². The molecule has 0 aliphatic carbocycles. The summed E-state index contributed by atoms with van der Waals surface area (Å²) in [5.74, 6) is 3.13. The molecule has 33 heavy (non-hydrogen) atoms. The molecule has 190 valence electrons. The first kappa shape index (κ1) is 28.0. The maximum Gasteiger partial charge on any atom is 0.182 e. The molecule has 2 rings (SSSR count). The Kier molecular flexibility index (Phi) is 10.6. The minimum Gasteiger partial charge on any atom is -0.507 e. The Morgan fingerprint density at radius 3 is 1.94 bits per heavy atom. The molecular formula is C29H50O4. The molecule has 1 aromatic carbocycles. The number of phenolic OH excluding ortho intramolecular Hbond substituents is 1. The van der Waals surface area contributed by atoms with Crippen LogP contribution in [0.25, 0.3) is 0 Å². The van der Waals surface area contributed by atoms with Gasteiger partial charge in [-0.1, -0.05) is 72.6 Å². The number of hydrogen-bond donors (Lipinski definition) is 3. The van der Waals surface area contributed by atoms with Crippen LogP contribution in [0.2, 0.25) is 0 Å². The van der Waals surface area contributed by atoms with Gasteiger partial charge in [0.2, 0.25) is 0 Å². The van der Waals surface area contributed by atoms with Crippen molar-refractivity contribution in [3.8, 4) is 11.5 Å². The summed E-state index contributed by atoms with van der Waals surface area (Å²) in [6, 6.07) is 0. The minimum atomic E-state index is -1.69. The van der Waals surface area contributed by atoms with Crippen molar-refractivity contribution in [2.45, 2.75) is 131 Å². The second kappa shape index (κ2) is 12.4. The molecular weight excluding hydrogens is 412 g/mol. The maximum atomic E-state index is 10.4. The van der Waals surface area contributed by atoms with E-state index in [-0.39, 0.29) is 16.9 Å². The third-order valence-electron chi connectivity index (χ3n) is 7.90. The Morgan fingerprint density at radius 2 is 1.39 bits per heavy atom. The molecule has 4 heteroatoms. The van der Waals surface area contributed by atoms with Gasteiger partial charge < -0.3 is 20.1 Å². The summed E-state index contributed by atoms with van der Waals surface area (Å²) in [5.41, 5.74) is 2.27. The van der Waals surface area contributed by atoms with E-state index >= 15 is 0 Å². The van der Waals surface area contributed by atoms with E-state index in [1.54, 1.807) is 6.92 Å². The molecule has 0 saturated heterocycles. The van der Waals surface area contributed by atoms with Crippen LogP contribution in [-0.4, -0.2) is 20.9 Å². The van der Waals surface area contributed by atoms with Crippen molar-refractivity contribution in [1.82, 2.24) is 0 Å². The zero-order chi connectivity index (χ0) is 24.8. The standard InChI is InChI=1S/C29H50O4/c1-19(2)11-8-12-20(3)13-9-14-21(4)15-10-17-29(7)18-16-24-25(28(31)32)26(30)22(5)23(6)27(24)33-29/h19-21,28,30-32H,8-18H2,1-7H3/t20-,21-,29-/m1/s1. The van der Waals surface area contributed by atoms with E-state index in [9.17, 15) is 15.3 Å². The molecule has 0 bridgehead atoms. The van der Waals surface area contributed by atoms with E-state index in [0.29, 0.717) is 12.0 Å². The average Bonchev–Trinajstić information content (AvgIpc) is 2.72. The van der Waals surface area contributed by atoms with Gasteiger partial charge in [-0.05, 0) is 75.3 Å². The Hall–Kier alpha value is -1.26. The Labute approximate surface area is 202 Å². The van der Waals surface area contributed by atoms with Crippen molar-refractivity contribution in [3.05, 3.63) is 22.3 Å². The fourth-order valence-electron chi connectivity index (χ4n) is 5.37. The van der Waals surface area contributed by atoms with E-state index in [0.717, 1.165) is 53.9 Å². The molecule has 1 aliphatic rings. The molecule has 0 amide bonds. The lowest BCUT2D eigenvalue weighted by Gasteiger charge is -2.38. The fraction of sp³-hybridized carbons (Fsp3) is 0.793. The summed E-state index contributed by atoms with van der Waals surface area (Å²) in [6.07, 6.45) is 11.3. The monoisotopic (exact) mass is 462 g/mol. The molecule has 0 aromatic heterocycles. The molecule has 3 atom stereocenters. The molecule has 3 N–H and O–H groups in total. The number of fused-ring (bicyclic) bond motifs is 1. The Morgan fingerprint density at radius 1 is 0.848 bits per heavy atom. The normalized spacial score (nSPS) is 20.1. The van der Waals surface area contributed by atoms with E-state index in [1.165, 1.54) is 44.9 Å². The summed E-state index contributed by atoms with van der Waals surface area (Å²) >= 11 is 0. The highest BCUT2D eigenvalue weighted by molar-refractivity contribution is 5.59. The quantitative estimate of drug-likeness (QED) is 0.265. The van der Waals surface area contributed by atoms with Crippen molar-refractivity contribution < 1.29 is 20.1 Å². The highest BCUT2D eigenvalue weighted by Gasteiger charge is 2.36. The van der Waals surface area contributed by atoms with Crippen LogP contribution in [0.5, 0.6) is 11.5 Å². The van der Waals surface area contributed by atoms with Crippen LogP contribution in [-0.2, 0) is 6.42 Å². The zero-order valence-corrected chi connectivity index (χ0v) is 22.3. The van der Waals surface area contributed by atoms with E-state index in [2.05, 4.69) is 34.6 Å². The lowest BCUT2D eigenvalue weighted by molar-refractivity contribution is -0.0460. The molecule has 1 aliphatic heterocycles. The van der Waals surface area contributed by atoms with Gasteiger partial charge >= 0.3 is 0 Å². The maximum absolute atomic E-state index is 10.4. The van der Waals surface area contributed by atoms with Crippen LogP contribution in [0.4, 0.5) is 0 Å². The van der Waals surface area contributed by atoms with Gasteiger partial charge in [0.1, 0.15) is 17.1 Å². The Bertz CT molecular complexity index is 755. The van der Waals surface area contributed by atoms with Crippen molar-refractivity contribution in [3.63, 3.8) is 0 Å². The summed E-state index contributed by atoms with van der Waals surface area (Å²) in [5, 5.41) is 30.1. The fourth-order valence-corrected chi connectivity index (χ4v) is 5.37. The Balaban J connectivity index is 1.81.